The number of aryl methyl sites for hydroxylation is 1. The number of hydrogen-bond acceptors (Lipinski definition) is 5. The maximum Gasteiger partial charge on any atom is 0.306 e. The number of benzene rings is 1. The van der Waals surface area contributed by atoms with E-state index in [0.29, 0.717) is 18.9 Å². The minimum Gasteiger partial charge on any atom is -0.481 e. The average molecular weight is 354 g/mol. The molecule has 0 fully saturated rings. The van der Waals surface area contributed by atoms with Crippen molar-refractivity contribution in [3.8, 4) is 5.88 Å². The standard InChI is InChI=1S/C21H26N2O3/c1-4-26-21(24)11-18(19-13-23-20(25-3)9-14(19)2)16-6-5-15-7-8-22-12-17(15)10-16/h5-6,9-10,13,18,22H,4,7-8,11-12H2,1-3H3. The zero-order chi connectivity index (χ0) is 18.5. The minimum atomic E-state index is -0.191. The Morgan fingerprint density at radius 3 is 2.88 bits per heavy atom. The zero-order valence-electron chi connectivity index (χ0n) is 15.7. The smallest absolute Gasteiger partial charge is 0.306 e. The summed E-state index contributed by atoms with van der Waals surface area (Å²) < 4.78 is 10.4. The van der Waals surface area contributed by atoms with Crippen LogP contribution in [0, 0.1) is 6.92 Å². The van der Waals surface area contributed by atoms with E-state index in [1.807, 2.05) is 26.1 Å². The van der Waals surface area contributed by atoms with Gasteiger partial charge in [-0.2, -0.15) is 0 Å². The molecule has 0 bridgehead atoms. The summed E-state index contributed by atoms with van der Waals surface area (Å²) in [7, 11) is 1.61. The van der Waals surface area contributed by atoms with Gasteiger partial charge in [-0.3, -0.25) is 4.79 Å². The zero-order valence-corrected chi connectivity index (χ0v) is 15.7. The Kier molecular flexibility index (Phi) is 5.89. The van der Waals surface area contributed by atoms with E-state index >= 15 is 0 Å². The lowest BCUT2D eigenvalue weighted by Crippen LogP contribution is -2.24. The van der Waals surface area contributed by atoms with Crippen molar-refractivity contribution >= 4 is 5.97 Å². The fourth-order valence-electron chi connectivity index (χ4n) is 3.53. The van der Waals surface area contributed by atoms with E-state index in [9.17, 15) is 4.79 Å². The Balaban J connectivity index is 1.99. The Hall–Kier alpha value is -2.40. The molecular weight excluding hydrogens is 328 g/mol. The van der Waals surface area contributed by atoms with Crippen LogP contribution >= 0.6 is 0 Å². The topological polar surface area (TPSA) is 60.5 Å². The first-order valence-corrected chi connectivity index (χ1v) is 9.11. The molecule has 138 valence electrons. The van der Waals surface area contributed by atoms with E-state index in [1.54, 1.807) is 7.11 Å². The first-order chi connectivity index (χ1) is 12.6. The SMILES string of the molecule is CCOC(=O)CC(c1ccc2c(c1)CNCC2)c1cnc(OC)cc1C. The van der Waals surface area contributed by atoms with Crippen LogP contribution in [-0.2, 0) is 22.5 Å². The van der Waals surface area contributed by atoms with Crippen molar-refractivity contribution in [2.45, 2.75) is 39.2 Å². The molecule has 0 radical (unpaired) electrons. The summed E-state index contributed by atoms with van der Waals surface area (Å²) in [5.74, 6) is 0.305. The normalized spacial score (nSPS) is 14.4. The Bertz CT molecular complexity index is 789. The predicted octanol–water partition coefficient (Wildman–Crippen LogP) is 3.13. The molecule has 3 rings (SSSR count). The van der Waals surface area contributed by atoms with E-state index < -0.39 is 0 Å². The third kappa shape index (κ3) is 4.05. The van der Waals surface area contributed by atoms with Gasteiger partial charge >= 0.3 is 5.97 Å². The third-order valence-electron chi connectivity index (χ3n) is 4.91. The summed E-state index contributed by atoms with van der Waals surface area (Å²) in [6, 6.07) is 8.45. The minimum absolute atomic E-state index is 0.0836. The van der Waals surface area contributed by atoms with Gasteiger partial charge < -0.3 is 14.8 Å². The van der Waals surface area contributed by atoms with E-state index in [1.165, 1.54) is 11.1 Å². The van der Waals surface area contributed by atoms with Crippen LogP contribution in [-0.4, -0.2) is 31.2 Å². The lowest BCUT2D eigenvalue weighted by molar-refractivity contribution is -0.143. The van der Waals surface area contributed by atoms with Gasteiger partial charge in [-0.1, -0.05) is 18.2 Å². The number of rotatable bonds is 6. The molecule has 0 saturated heterocycles. The number of hydrogen-bond donors (Lipinski definition) is 1. The summed E-state index contributed by atoms with van der Waals surface area (Å²) >= 11 is 0. The van der Waals surface area contributed by atoms with Crippen LogP contribution in [0.5, 0.6) is 5.88 Å². The number of aromatic nitrogens is 1. The Labute approximate surface area is 154 Å². The number of nitrogens with zero attached hydrogens (tertiary/aromatic N) is 1. The lowest BCUT2D eigenvalue weighted by Gasteiger charge is -2.23. The molecule has 0 spiro atoms. The van der Waals surface area contributed by atoms with Crippen LogP contribution in [0.4, 0.5) is 0 Å². The quantitative estimate of drug-likeness (QED) is 0.808. The molecule has 1 atom stereocenters. The first-order valence-electron chi connectivity index (χ1n) is 9.11. The third-order valence-corrected chi connectivity index (χ3v) is 4.91. The molecule has 1 aliphatic heterocycles. The first kappa shape index (κ1) is 18.4. The van der Waals surface area contributed by atoms with Crippen LogP contribution in [0.3, 0.4) is 0 Å². The summed E-state index contributed by atoms with van der Waals surface area (Å²) in [5, 5.41) is 3.41. The van der Waals surface area contributed by atoms with Crippen LogP contribution in [0.25, 0.3) is 0 Å². The number of carbonyl (C=O) groups is 1. The van der Waals surface area contributed by atoms with Crippen LogP contribution < -0.4 is 10.1 Å². The summed E-state index contributed by atoms with van der Waals surface area (Å²) in [6.07, 6.45) is 3.16. The van der Waals surface area contributed by atoms with Crippen molar-refractivity contribution < 1.29 is 14.3 Å². The highest BCUT2D eigenvalue weighted by molar-refractivity contribution is 5.71. The molecule has 0 amide bonds. The molecule has 5 heteroatoms. The predicted molar refractivity (Wildman–Crippen MR) is 100 cm³/mol. The van der Waals surface area contributed by atoms with E-state index in [4.69, 9.17) is 9.47 Å². The van der Waals surface area contributed by atoms with Gasteiger partial charge in [0.2, 0.25) is 5.88 Å². The monoisotopic (exact) mass is 354 g/mol. The van der Waals surface area contributed by atoms with Gasteiger partial charge in [0.05, 0.1) is 20.1 Å². The van der Waals surface area contributed by atoms with Crippen LogP contribution in [0.15, 0.2) is 30.5 Å². The molecular formula is C21H26N2O3. The molecule has 1 N–H and O–H groups in total. The second-order valence-corrected chi connectivity index (χ2v) is 6.60. The molecule has 0 saturated carbocycles. The molecule has 1 aromatic carbocycles. The second kappa shape index (κ2) is 8.32. The molecule has 1 aromatic heterocycles. The lowest BCUT2D eigenvalue weighted by atomic mass is 9.85. The number of carbonyl (C=O) groups excluding carboxylic acids is 1. The maximum absolute atomic E-state index is 12.2. The fraction of sp³-hybridized carbons (Fsp3) is 0.429. The van der Waals surface area contributed by atoms with Gasteiger partial charge in [-0.25, -0.2) is 4.98 Å². The van der Waals surface area contributed by atoms with Crippen molar-refractivity contribution in [2.24, 2.45) is 0 Å². The number of fused-ring (bicyclic) bond motifs is 1. The highest BCUT2D eigenvalue weighted by Crippen LogP contribution is 2.33. The second-order valence-electron chi connectivity index (χ2n) is 6.60. The van der Waals surface area contributed by atoms with Gasteiger partial charge in [0.1, 0.15) is 0 Å². The number of nitrogens with one attached hydrogen (secondary N) is 1. The molecule has 2 heterocycles. The molecule has 0 aliphatic carbocycles. The number of pyridine rings is 1. The Morgan fingerprint density at radius 1 is 1.31 bits per heavy atom. The van der Waals surface area contributed by atoms with Crippen molar-refractivity contribution in [3.05, 3.63) is 58.3 Å². The molecule has 1 aliphatic rings. The van der Waals surface area contributed by atoms with E-state index in [0.717, 1.165) is 36.2 Å². The van der Waals surface area contributed by atoms with Gasteiger partial charge in [0.25, 0.3) is 0 Å². The van der Waals surface area contributed by atoms with Gasteiger partial charge in [0, 0.05) is 24.7 Å². The molecule has 5 nitrogen and oxygen atoms in total. The highest BCUT2D eigenvalue weighted by Gasteiger charge is 2.23. The largest absolute Gasteiger partial charge is 0.481 e. The fourth-order valence-corrected chi connectivity index (χ4v) is 3.53. The van der Waals surface area contributed by atoms with Crippen molar-refractivity contribution in [1.82, 2.24) is 10.3 Å². The van der Waals surface area contributed by atoms with Crippen molar-refractivity contribution in [3.63, 3.8) is 0 Å². The number of esters is 1. The van der Waals surface area contributed by atoms with E-state index in [2.05, 4.69) is 28.5 Å². The van der Waals surface area contributed by atoms with Crippen molar-refractivity contribution in [2.75, 3.05) is 20.3 Å². The summed E-state index contributed by atoms with van der Waals surface area (Å²) in [5.41, 5.74) is 5.90. The summed E-state index contributed by atoms with van der Waals surface area (Å²) in [6.45, 7) is 6.13. The van der Waals surface area contributed by atoms with Crippen LogP contribution in [0.1, 0.15) is 47.1 Å². The number of methoxy groups -OCH3 is 1. The van der Waals surface area contributed by atoms with Gasteiger partial charge in [0.15, 0.2) is 0 Å². The molecule has 1 unspecified atom stereocenters. The number of ether oxygens (including phenoxy) is 2. The maximum atomic E-state index is 12.2. The van der Waals surface area contributed by atoms with Crippen LogP contribution in [0.2, 0.25) is 0 Å². The Morgan fingerprint density at radius 2 is 2.15 bits per heavy atom. The summed E-state index contributed by atoms with van der Waals surface area (Å²) in [4.78, 5) is 16.6. The molecule has 26 heavy (non-hydrogen) atoms. The average Bonchev–Trinajstić information content (AvgIpc) is 2.66. The van der Waals surface area contributed by atoms with Crippen molar-refractivity contribution in [1.29, 1.82) is 0 Å². The highest BCUT2D eigenvalue weighted by atomic mass is 16.5. The van der Waals surface area contributed by atoms with Gasteiger partial charge in [-0.15, -0.1) is 0 Å². The van der Waals surface area contributed by atoms with Gasteiger partial charge in [-0.05, 0) is 54.6 Å². The van der Waals surface area contributed by atoms with E-state index in [-0.39, 0.29) is 11.9 Å². The molecule has 2 aromatic rings.